The van der Waals surface area contributed by atoms with Gasteiger partial charge in [-0.15, -0.1) is 11.3 Å². The van der Waals surface area contributed by atoms with Gasteiger partial charge >= 0.3 is 5.97 Å². The number of aliphatic carboxylic acids is 1. The van der Waals surface area contributed by atoms with E-state index in [0.717, 1.165) is 17.4 Å². The minimum absolute atomic E-state index is 0.00557. The first kappa shape index (κ1) is 19.4. The second kappa shape index (κ2) is 7.97. The number of β-lactam (4-membered cyclic amide) rings is 2. The van der Waals surface area contributed by atoms with E-state index in [1.807, 2.05) is 0 Å². The summed E-state index contributed by atoms with van der Waals surface area (Å²) >= 11 is 4.89. The van der Waals surface area contributed by atoms with Crippen molar-refractivity contribution in [1.82, 2.24) is 15.2 Å². The summed E-state index contributed by atoms with van der Waals surface area (Å²) in [6, 6.07) is -1.54. The molecule has 4 N–H and O–H groups in total. The first-order valence-electron chi connectivity index (χ1n) is 6.87. The number of nitrogen functional groups attached to an aromatic ring is 1. The normalized spacial score (nSPS) is 15.7. The molecule has 1 aromatic rings. The van der Waals surface area contributed by atoms with E-state index < -0.39 is 35.4 Å². The fourth-order valence-corrected chi connectivity index (χ4v) is 2.74. The van der Waals surface area contributed by atoms with Crippen LogP contribution in [0.25, 0.3) is 0 Å². The molecule has 0 saturated carbocycles. The summed E-state index contributed by atoms with van der Waals surface area (Å²) < 4.78 is 0. The number of thiazole rings is 1. The maximum Gasteiger partial charge on any atom is 0.352 e. The number of rotatable bonds is 7. The van der Waals surface area contributed by atoms with Gasteiger partial charge < -0.3 is 21.0 Å². The largest absolute Gasteiger partial charge is 0.477 e. The van der Waals surface area contributed by atoms with Crippen molar-refractivity contribution < 1.29 is 29.1 Å². The number of thiol groups is 1. The zero-order chi connectivity index (χ0) is 19.4. The highest BCUT2D eigenvalue weighted by atomic mass is 32.1. The van der Waals surface area contributed by atoms with Gasteiger partial charge in [-0.2, -0.15) is 12.6 Å². The van der Waals surface area contributed by atoms with E-state index in [9.17, 15) is 19.2 Å². The van der Waals surface area contributed by atoms with Crippen molar-refractivity contribution in [2.45, 2.75) is 6.04 Å². The van der Waals surface area contributed by atoms with Gasteiger partial charge in [0.1, 0.15) is 18.5 Å². The van der Waals surface area contributed by atoms with Crippen molar-refractivity contribution >= 4 is 58.5 Å². The van der Waals surface area contributed by atoms with Crippen molar-refractivity contribution in [3.05, 3.63) is 22.8 Å². The molecule has 2 heterocycles. The number of nitrogens with zero attached hydrogens (tertiary/aromatic N) is 3. The van der Waals surface area contributed by atoms with Crippen LogP contribution in [-0.4, -0.2) is 63.3 Å². The highest BCUT2D eigenvalue weighted by molar-refractivity contribution is 7.80. The predicted molar refractivity (Wildman–Crippen MR) is 93.4 cm³/mol. The predicted octanol–water partition coefficient (Wildman–Crippen LogP) is -1.17. The first-order valence-corrected chi connectivity index (χ1v) is 8.38. The van der Waals surface area contributed by atoms with Crippen LogP contribution in [0.3, 0.4) is 0 Å². The molecule has 1 fully saturated rings. The van der Waals surface area contributed by atoms with Crippen LogP contribution in [0, 0.1) is 0 Å². The third kappa shape index (κ3) is 3.67. The van der Waals surface area contributed by atoms with Gasteiger partial charge in [-0.25, -0.2) is 14.7 Å². The van der Waals surface area contributed by atoms with Crippen molar-refractivity contribution in [2.24, 2.45) is 5.16 Å². The lowest BCUT2D eigenvalue weighted by Crippen LogP contribution is -2.68. The van der Waals surface area contributed by atoms with Gasteiger partial charge in [0.25, 0.3) is 17.7 Å². The molecule has 11 nitrogen and oxygen atoms in total. The SMILES string of the molecule is CO/N=C(\C(=O)NC1C(=O)N(C(=CCS)C(=O)O)C1=O)c1csc(N)n1. The number of imide groups is 1. The molecular formula is C13H13N5O6S2. The highest BCUT2D eigenvalue weighted by Crippen LogP contribution is 2.20. The lowest BCUT2D eigenvalue weighted by Gasteiger charge is -2.35. The maximum absolute atomic E-state index is 12.3. The summed E-state index contributed by atoms with van der Waals surface area (Å²) in [5.41, 5.74) is 4.78. The molecule has 0 unspecified atom stereocenters. The number of nitrogens with one attached hydrogen (secondary N) is 1. The topological polar surface area (TPSA) is 164 Å². The van der Waals surface area contributed by atoms with E-state index in [-0.39, 0.29) is 22.3 Å². The second-order valence-electron chi connectivity index (χ2n) is 4.69. The van der Waals surface area contributed by atoms with Gasteiger partial charge in [0.2, 0.25) is 0 Å². The third-order valence-electron chi connectivity index (χ3n) is 3.12. The molecule has 1 aromatic heterocycles. The van der Waals surface area contributed by atoms with Crippen LogP contribution in [0.4, 0.5) is 5.13 Å². The summed E-state index contributed by atoms with van der Waals surface area (Å²) in [5.74, 6) is -4.16. The molecule has 2 rings (SSSR count). The standard InChI is InChI=1S/C13H13N5O6S2/c1-24-17-7(5-4-26-13(14)15-5)9(19)16-8-10(20)18(11(8)21)6(2-3-25)12(22)23/h2,4,8,25H,3H2,1H3,(H2,14,15)(H,16,19)(H,22,23)/b6-2?,17-7-. The van der Waals surface area contributed by atoms with Crippen molar-refractivity contribution in [3.63, 3.8) is 0 Å². The Morgan fingerprint density at radius 1 is 1.54 bits per heavy atom. The minimum Gasteiger partial charge on any atom is -0.477 e. The molecule has 0 radical (unpaired) electrons. The number of likely N-dealkylation sites (tertiary alicyclic amines) is 1. The minimum atomic E-state index is -1.54. The van der Waals surface area contributed by atoms with Crippen LogP contribution in [-0.2, 0) is 24.0 Å². The molecule has 0 spiro atoms. The number of hydrogen-bond acceptors (Lipinski definition) is 10. The van der Waals surface area contributed by atoms with E-state index in [1.54, 1.807) is 0 Å². The molecule has 1 aliphatic rings. The number of nitrogens with two attached hydrogens (primary N) is 1. The van der Waals surface area contributed by atoms with Gasteiger partial charge in [-0.3, -0.25) is 14.4 Å². The smallest absolute Gasteiger partial charge is 0.352 e. The molecule has 1 aliphatic heterocycles. The Labute approximate surface area is 155 Å². The van der Waals surface area contributed by atoms with Crippen LogP contribution in [0.15, 0.2) is 22.3 Å². The number of oxime groups is 1. The average molecular weight is 399 g/mol. The maximum atomic E-state index is 12.3. The van der Waals surface area contributed by atoms with Gasteiger partial charge in [0.15, 0.2) is 16.9 Å². The fourth-order valence-electron chi connectivity index (χ4n) is 2.02. The van der Waals surface area contributed by atoms with E-state index in [1.165, 1.54) is 12.5 Å². The molecule has 138 valence electrons. The number of aromatic nitrogens is 1. The molecule has 3 amide bonds. The lowest BCUT2D eigenvalue weighted by atomic mass is 10.0. The summed E-state index contributed by atoms with van der Waals surface area (Å²) in [6.07, 6.45) is 1.09. The van der Waals surface area contributed by atoms with E-state index in [2.05, 4.69) is 32.9 Å². The number of carbonyl (C=O) groups excluding carboxylic acids is 3. The summed E-state index contributed by atoms with van der Waals surface area (Å²) in [5, 5.41) is 16.4. The third-order valence-corrected chi connectivity index (χ3v) is 3.97. The first-order chi connectivity index (χ1) is 12.3. The molecule has 0 aliphatic carbocycles. The molecular weight excluding hydrogens is 386 g/mol. The molecule has 1 saturated heterocycles. The molecule has 0 aromatic carbocycles. The van der Waals surface area contributed by atoms with E-state index >= 15 is 0 Å². The zero-order valence-corrected chi connectivity index (χ0v) is 14.9. The van der Waals surface area contributed by atoms with Crippen LogP contribution in [0.2, 0.25) is 0 Å². The molecule has 26 heavy (non-hydrogen) atoms. The lowest BCUT2D eigenvalue weighted by molar-refractivity contribution is -0.162. The number of carboxylic acid groups (broad SMARTS) is 1. The Hall–Kier alpha value is -2.93. The second-order valence-corrected chi connectivity index (χ2v) is 5.94. The Balaban J connectivity index is 2.16. The Morgan fingerprint density at radius 3 is 2.65 bits per heavy atom. The van der Waals surface area contributed by atoms with Crippen molar-refractivity contribution in [1.29, 1.82) is 0 Å². The summed E-state index contributed by atoms with van der Waals surface area (Å²) in [6.45, 7) is 0. The van der Waals surface area contributed by atoms with Gasteiger partial charge in [-0.1, -0.05) is 5.16 Å². The van der Waals surface area contributed by atoms with Crippen LogP contribution < -0.4 is 11.1 Å². The number of carbonyl (C=O) groups is 4. The van der Waals surface area contributed by atoms with Gasteiger partial charge in [0, 0.05) is 11.1 Å². The van der Waals surface area contributed by atoms with Crippen molar-refractivity contribution in [2.75, 3.05) is 18.6 Å². The highest BCUT2D eigenvalue weighted by Gasteiger charge is 2.51. The average Bonchev–Trinajstić information content (AvgIpc) is 3.02. The van der Waals surface area contributed by atoms with Gasteiger partial charge in [-0.05, 0) is 6.08 Å². The Kier molecular flexibility index (Phi) is 5.94. The number of amides is 3. The number of hydrogen-bond donors (Lipinski definition) is 4. The quantitative estimate of drug-likeness (QED) is 0.111. The monoisotopic (exact) mass is 399 g/mol. The number of carboxylic acids is 1. The summed E-state index contributed by atoms with van der Waals surface area (Å²) in [7, 11) is 1.20. The Bertz CT molecular complexity index is 817. The van der Waals surface area contributed by atoms with Crippen molar-refractivity contribution in [3.8, 4) is 0 Å². The Morgan fingerprint density at radius 2 is 2.19 bits per heavy atom. The van der Waals surface area contributed by atoms with Crippen LogP contribution in [0.5, 0.6) is 0 Å². The van der Waals surface area contributed by atoms with E-state index in [0.29, 0.717) is 4.90 Å². The van der Waals surface area contributed by atoms with Gasteiger partial charge in [0.05, 0.1) is 0 Å². The molecule has 13 heteroatoms. The molecule has 0 atom stereocenters. The molecule has 0 bridgehead atoms. The van der Waals surface area contributed by atoms with Crippen LogP contribution in [0.1, 0.15) is 5.69 Å². The van der Waals surface area contributed by atoms with E-state index in [4.69, 9.17) is 10.8 Å². The van der Waals surface area contributed by atoms with Crippen LogP contribution >= 0.6 is 24.0 Å². The number of anilines is 1. The fraction of sp³-hybridized carbons (Fsp3) is 0.231. The summed E-state index contributed by atoms with van der Waals surface area (Å²) in [4.78, 5) is 56.6. The zero-order valence-electron chi connectivity index (χ0n) is 13.2.